The number of hydrogen-bond donors (Lipinski definition) is 1. The summed E-state index contributed by atoms with van der Waals surface area (Å²) in [6.45, 7) is 3.12. The van der Waals surface area contributed by atoms with E-state index in [0.717, 1.165) is 18.9 Å². The molecule has 1 heterocycles. The molecule has 0 saturated heterocycles. The Bertz CT molecular complexity index is 295. The standard InChI is InChI=1S/C13H21NOS/c1-10(8-12-4-3-7-16-12)14-13(9-15-2)11-5-6-11/h3-4,7,10-11,13-14H,5-6,8-9H2,1-2H3. The zero-order chi connectivity index (χ0) is 11.4. The highest BCUT2D eigenvalue weighted by molar-refractivity contribution is 7.09. The van der Waals surface area contributed by atoms with Gasteiger partial charge in [0, 0.05) is 24.1 Å². The Labute approximate surface area is 102 Å². The van der Waals surface area contributed by atoms with E-state index in [2.05, 4.69) is 29.8 Å². The minimum Gasteiger partial charge on any atom is -0.383 e. The predicted molar refractivity (Wildman–Crippen MR) is 69.0 cm³/mol. The van der Waals surface area contributed by atoms with Gasteiger partial charge in [-0.3, -0.25) is 0 Å². The van der Waals surface area contributed by atoms with Gasteiger partial charge in [-0.25, -0.2) is 0 Å². The molecule has 16 heavy (non-hydrogen) atoms. The fourth-order valence-corrected chi connectivity index (χ4v) is 2.99. The summed E-state index contributed by atoms with van der Waals surface area (Å²) in [4.78, 5) is 1.46. The van der Waals surface area contributed by atoms with Gasteiger partial charge in [0.2, 0.25) is 0 Å². The van der Waals surface area contributed by atoms with Crippen molar-refractivity contribution in [1.82, 2.24) is 5.32 Å². The second-order valence-electron chi connectivity index (χ2n) is 4.75. The third kappa shape index (κ3) is 3.58. The summed E-state index contributed by atoms with van der Waals surface area (Å²) in [5.74, 6) is 0.853. The molecule has 1 aromatic rings. The van der Waals surface area contributed by atoms with Crippen molar-refractivity contribution in [2.45, 2.75) is 38.3 Å². The Balaban J connectivity index is 1.78. The van der Waals surface area contributed by atoms with Gasteiger partial charge in [0.1, 0.15) is 0 Å². The van der Waals surface area contributed by atoms with Gasteiger partial charge in [-0.2, -0.15) is 0 Å². The fraction of sp³-hybridized carbons (Fsp3) is 0.692. The van der Waals surface area contributed by atoms with Crippen LogP contribution in [0.25, 0.3) is 0 Å². The van der Waals surface area contributed by atoms with Crippen molar-refractivity contribution >= 4 is 11.3 Å². The molecule has 0 amide bonds. The molecule has 2 unspecified atom stereocenters. The van der Waals surface area contributed by atoms with Crippen molar-refractivity contribution in [2.24, 2.45) is 5.92 Å². The first-order valence-electron chi connectivity index (χ1n) is 6.07. The van der Waals surface area contributed by atoms with Crippen LogP contribution in [0.15, 0.2) is 17.5 Å². The van der Waals surface area contributed by atoms with Crippen molar-refractivity contribution in [3.63, 3.8) is 0 Å². The maximum Gasteiger partial charge on any atom is 0.0618 e. The van der Waals surface area contributed by atoms with E-state index in [1.54, 1.807) is 7.11 Å². The Morgan fingerprint density at radius 1 is 1.56 bits per heavy atom. The van der Waals surface area contributed by atoms with E-state index < -0.39 is 0 Å². The monoisotopic (exact) mass is 239 g/mol. The number of hydrogen-bond acceptors (Lipinski definition) is 3. The van der Waals surface area contributed by atoms with Crippen LogP contribution in [0, 0.1) is 5.92 Å². The van der Waals surface area contributed by atoms with Crippen LogP contribution in [-0.4, -0.2) is 25.8 Å². The number of methoxy groups -OCH3 is 1. The molecule has 2 nitrogen and oxygen atoms in total. The quantitative estimate of drug-likeness (QED) is 0.790. The van der Waals surface area contributed by atoms with Crippen molar-refractivity contribution < 1.29 is 4.74 Å². The molecule has 2 rings (SSSR count). The minimum absolute atomic E-state index is 0.541. The molecule has 0 bridgehead atoms. The largest absolute Gasteiger partial charge is 0.383 e. The molecule has 0 spiro atoms. The molecule has 3 heteroatoms. The number of thiophene rings is 1. The number of nitrogens with one attached hydrogen (secondary N) is 1. The van der Waals surface area contributed by atoms with Crippen LogP contribution in [0.1, 0.15) is 24.6 Å². The first kappa shape index (κ1) is 12.1. The predicted octanol–water partition coefficient (Wildman–Crippen LogP) is 2.69. The second-order valence-corrected chi connectivity index (χ2v) is 5.78. The van der Waals surface area contributed by atoms with Crippen LogP contribution in [0.4, 0.5) is 0 Å². The zero-order valence-corrected chi connectivity index (χ0v) is 10.9. The summed E-state index contributed by atoms with van der Waals surface area (Å²) in [6.07, 6.45) is 3.87. The SMILES string of the molecule is COCC(NC(C)Cc1cccs1)C1CC1. The van der Waals surface area contributed by atoms with Crippen LogP contribution >= 0.6 is 11.3 Å². The Morgan fingerprint density at radius 2 is 2.38 bits per heavy atom. The van der Waals surface area contributed by atoms with Gasteiger partial charge in [-0.1, -0.05) is 6.07 Å². The highest BCUT2D eigenvalue weighted by atomic mass is 32.1. The second kappa shape index (κ2) is 5.80. The van der Waals surface area contributed by atoms with Crippen molar-refractivity contribution in [1.29, 1.82) is 0 Å². The zero-order valence-electron chi connectivity index (χ0n) is 10.1. The molecule has 1 aromatic heterocycles. The van der Waals surface area contributed by atoms with Gasteiger partial charge in [0.25, 0.3) is 0 Å². The minimum atomic E-state index is 0.541. The molecule has 0 aromatic carbocycles. The molecule has 1 N–H and O–H groups in total. The van der Waals surface area contributed by atoms with E-state index >= 15 is 0 Å². The van der Waals surface area contributed by atoms with Crippen LogP contribution in [0.5, 0.6) is 0 Å². The summed E-state index contributed by atoms with van der Waals surface area (Å²) < 4.78 is 5.28. The molecule has 1 saturated carbocycles. The van der Waals surface area contributed by atoms with Gasteiger partial charge in [0.05, 0.1) is 6.61 Å². The smallest absolute Gasteiger partial charge is 0.0618 e. The van der Waals surface area contributed by atoms with Crippen LogP contribution < -0.4 is 5.32 Å². The first-order chi connectivity index (χ1) is 7.79. The van der Waals surface area contributed by atoms with E-state index in [1.807, 2.05) is 11.3 Å². The van der Waals surface area contributed by atoms with E-state index in [4.69, 9.17) is 4.74 Å². The molecule has 1 aliphatic carbocycles. The Morgan fingerprint density at radius 3 is 2.94 bits per heavy atom. The first-order valence-corrected chi connectivity index (χ1v) is 6.95. The number of rotatable bonds is 7. The molecular weight excluding hydrogens is 218 g/mol. The number of ether oxygens (including phenoxy) is 1. The highest BCUT2D eigenvalue weighted by Crippen LogP contribution is 2.33. The average molecular weight is 239 g/mol. The summed E-state index contributed by atoms with van der Waals surface area (Å²) in [5, 5.41) is 5.85. The van der Waals surface area contributed by atoms with Crippen LogP contribution in [-0.2, 0) is 11.2 Å². The molecule has 0 radical (unpaired) electrons. The van der Waals surface area contributed by atoms with Gasteiger partial charge in [0.15, 0.2) is 0 Å². The van der Waals surface area contributed by atoms with E-state index in [1.165, 1.54) is 17.7 Å². The Kier molecular flexibility index (Phi) is 4.38. The molecule has 0 aliphatic heterocycles. The van der Waals surface area contributed by atoms with Crippen LogP contribution in [0.2, 0.25) is 0 Å². The maximum absolute atomic E-state index is 5.28. The fourth-order valence-electron chi connectivity index (χ4n) is 2.15. The lowest BCUT2D eigenvalue weighted by atomic mass is 10.1. The van der Waals surface area contributed by atoms with Gasteiger partial charge in [-0.15, -0.1) is 11.3 Å². The van der Waals surface area contributed by atoms with Crippen molar-refractivity contribution in [2.75, 3.05) is 13.7 Å². The molecule has 1 fully saturated rings. The van der Waals surface area contributed by atoms with E-state index in [9.17, 15) is 0 Å². The molecule has 1 aliphatic rings. The summed E-state index contributed by atoms with van der Waals surface area (Å²) in [5.41, 5.74) is 0. The lowest BCUT2D eigenvalue weighted by molar-refractivity contribution is 0.152. The van der Waals surface area contributed by atoms with E-state index in [0.29, 0.717) is 12.1 Å². The third-order valence-corrected chi connectivity index (χ3v) is 4.02. The van der Waals surface area contributed by atoms with Gasteiger partial charge >= 0.3 is 0 Å². The highest BCUT2D eigenvalue weighted by Gasteiger charge is 2.31. The molecule has 2 atom stereocenters. The van der Waals surface area contributed by atoms with Gasteiger partial charge < -0.3 is 10.1 Å². The Hall–Kier alpha value is -0.380. The van der Waals surface area contributed by atoms with E-state index in [-0.39, 0.29) is 0 Å². The normalized spacial score (nSPS) is 19.6. The molecule has 90 valence electrons. The summed E-state index contributed by atoms with van der Waals surface area (Å²) in [6, 6.07) is 5.44. The average Bonchev–Trinajstić information content (AvgIpc) is 2.98. The third-order valence-electron chi connectivity index (χ3n) is 3.12. The summed E-state index contributed by atoms with van der Waals surface area (Å²) >= 11 is 1.84. The van der Waals surface area contributed by atoms with Gasteiger partial charge in [-0.05, 0) is 43.6 Å². The topological polar surface area (TPSA) is 21.3 Å². The lowest BCUT2D eigenvalue weighted by Gasteiger charge is -2.22. The molecular formula is C13H21NOS. The van der Waals surface area contributed by atoms with Crippen LogP contribution in [0.3, 0.4) is 0 Å². The van der Waals surface area contributed by atoms with Crippen molar-refractivity contribution in [3.05, 3.63) is 22.4 Å². The van der Waals surface area contributed by atoms with Crippen molar-refractivity contribution in [3.8, 4) is 0 Å². The summed E-state index contributed by atoms with van der Waals surface area (Å²) in [7, 11) is 1.79. The lowest BCUT2D eigenvalue weighted by Crippen LogP contribution is -2.41. The maximum atomic E-state index is 5.28.